The minimum absolute atomic E-state index is 0.105. The van der Waals surface area contributed by atoms with Crippen LogP contribution in [0.3, 0.4) is 0 Å². The average molecular weight is 438 g/mol. The number of hydrogen-bond donors (Lipinski definition) is 2. The summed E-state index contributed by atoms with van der Waals surface area (Å²) < 4.78 is 28.5. The number of hydrogen-bond acceptors (Lipinski definition) is 5. The predicted octanol–water partition coefficient (Wildman–Crippen LogP) is 4.80. The second-order valence-corrected chi connectivity index (χ2v) is 9.58. The van der Waals surface area contributed by atoms with Crippen LogP contribution in [0.4, 0.5) is 10.8 Å². The molecule has 0 unspecified atom stereocenters. The molecule has 1 amide bonds. The number of nitrogens with one attached hydrogen (secondary N) is 2. The van der Waals surface area contributed by atoms with E-state index in [2.05, 4.69) is 15.0 Å². The van der Waals surface area contributed by atoms with E-state index >= 15 is 0 Å². The minimum Gasteiger partial charge on any atom is -0.298 e. The summed E-state index contributed by atoms with van der Waals surface area (Å²) in [5, 5.41) is 3.27. The first-order valence-electron chi connectivity index (χ1n) is 9.22. The van der Waals surface area contributed by atoms with Crippen LogP contribution in [-0.4, -0.2) is 19.3 Å². The van der Waals surface area contributed by atoms with E-state index in [-0.39, 0.29) is 11.7 Å². The Kier molecular flexibility index (Phi) is 5.52. The Hall–Kier alpha value is -3.23. The van der Waals surface area contributed by atoms with Crippen LogP contribution < -0.4 is 10.0 Å². The van der Waals surface area contributed by atoms with Crippen molar-refractivity contribution in [1.82, 2.24) is 4.98 Å². The summed E-state index contributed by atoms with van der Waals surface area (Å²) in [7, 11) is -3.56. The fraction of sp³-hybridized carbons (Fsp3) is 0.0909. The highest BCUT2D eigenvalue weighted by Gasteiger charge is 2.15. The Morgan fingerprint density at radius 1 is 1.00 bits per heavy atom. The number of nitrogens with zero attached hydrogens (tertiary/aromatic N) is 1. The van der Waals surface area contributed by atoms with Gasteiger partial charge in [-0.15, -0.1) is 0 Å². The van der Waals surface area contributed by atoms with Crippen LogP contribution in [0.1, 0.15) is 21.5 Å². The highest BCUT2D eigenvalue weighted by molar-refractivity contribution is 7.91. The number of rotatable bonds is 6. The number of carbonyl (C=O) groups excluding carboxylic acids is 1. The first-order chi connectivity index (χ1) is 14.4. The van der Waals surface area contributed by atoms with Crippen molar-refractivity contribution in [3.63, 3.8) is 0 Å². The van der Waals surface area contributed by atoms with E-state index in [9.17, 15) is 13.2 Å². The molecule has 6 nitrogen and oxygen atoms in total. The zero-order chi connectivity index (χ0) is 21.1. The van der Waals surface area contributed by atoms with Gasteiger partial charge in [0.2, 0.25) is 10.0 Å². The number of sulfonamides is 1. The Morgan fingerprint density at radius 2 is 1.67 bits per heavy atom. The lowest BCUT2D eigenvalue weighted by molar-refractivity contribution is 0.102. The molecule has 2 N–H and O–H groups in total. The molecule has 0 spiro atoms. The van der Waals surface area contributed by atoms with Gasteiger partial charge in [0.05, 0.1) is 21.7 Å². The van der Waals surface area contributed by atoms with Crippen molar-refractivity contribution in [1.29, 1.82) is 0 Å². The van der Waals surface area contributed by atoms with Crippen molar-refractivity contribution in [2.24, 2.45) is 0 Å². The molecule has 0 saturated heterocycles. The first kappa shape index (κ1) is 20.1. The number of amides is 1. The Morgan fingerprint density at radius 3 is 2.37 bits per heavy atom. The van der Waals surface area contributed by atoms with Crippen molar-refractivity contribution in [3.05, 3.63) is 89.5 Å². The molecule has 4 rings (SSSR count). The lowest BCUT2D eigenvalue weighted by atomic mass is 10.2. The van der Waals surface area contributed by atoms with Gasteiger partial charge in [0.15, 0.2) is 5.13 Å². The lowest BCUT2D eigenvalue weighted by Gasteiger charge is -2.09. The summed E-state index contributed by atoms with van der Waals surface area (Å²) in [6.45, 7) is 1.86. The molecular weight excluding hydrogens is 418 g/mol. The van der Waals surface area contributed by atoms with Crippen LogP contribution in [-0.2, 0) is 15.8 Å². The molecule has 0 aliphatic rings. The van der Waals surface area contributed by atoms with E-state index in [4.69, 9.17) is 0 Å². The maximum Gasteiger partial charge on any atom is 0.257 e. The summed E-state index contributed by atoms with van der Waals surface area (Å²) in [5.41, 5.74) is 3.28. The topological polar surface area (TPSA) is 88.2 Å². The number of carbonyl (C=O) groups is 1. The molecule has 0 bridgehead atoms. The number of benzene rings is 3. The average Bonchev–Trinajstić information content (AvgIpc) is 3.11. The van der Waals surface area contributed by atoms with Gasteiger partial charge in [0, 0.05) is 5.56 Å². The molecule has 0 aliphatic heterocycles. The van der Waals surface area contributed by atoms with E-state index < -0.39 is 10.0 Å². The van der Waals surface area contributed by atoms with Gasteiger partial charge in [-0.25, -0.2) is 13.4 Å². The summed E-state index contributed by atoms with van der Waals surface area (Å²) in [4.78, 5) is 16.9. The Balaban J connectivity index is 1.55. The smallest absolute Gasteiger partial charge is 0.257 e. The maximum atomic E-state index is 12.5. The van der Waals surface area contributed by atoms with Crippen LogP contribution >= 0.6 is 11.3 Å². The van der Waals surface area contributed by atoms with E-state index in [0.717, 1.165) is 15.8 Å². The van der Waals surface area contributed by atoms with E-state index in [1.807, 2.05) is 31.2 Å². The normalized spacial score (nSPS) is 11.4. The number of aromatic nitrogens is 1. The van der Waals surface area contributed by atoms with Gasteiger partial charge < -0.3 is 0 Å². The summed E-state index contributed by atoms with van der Waals surface area (Å²) in [5.74, 6) is -0.345. The standard InChI is InChI=1S/C22H19N3O3S2/c1-15-12-18(25-30(27,28)14-16-8-4-2-5-9-16)13-19-20(15)23-22(29-19)24-21(26)17-10-6-3-7-11-17/h2-13,25H,14H2,1H3,(H,23,24,26). The van der Waals surface area contributed by atoms with Crippen LogP contribution in [0.5, 0.6) is 0 Å². The minimum atomic E-state index is -3.56. The fourth-order valence-corrected chi connectivity index (χ4v) is 5.24. The molecule has 0 atom stereocenters. The van der Waals surface area contributed by atoms with Crippen LogP contribution in [0.25, 0.3) is 10.2 Å². The third kappa shape index (κ3) is 4.67. The predicted molar refractivity (Wildman–Crippen MR) is 121 cm³/mol. The van der Waals surface area contributed by atoms with Crippen molar-refractivity contribution in [2.75, 3.05) is 10.0 Å². The summed E-state index contributed by atoms with van der Waals surface area (Å²) >= 11 is 1.30. The third-order valence-electron chi connectivity index (χ3n) is 4.41. The Bertz CT molecular complexity index is 1300. The molecule has 3 aromatic carbocycles. The maximum absolute atomic E-state index is 12.5. The molecule has 8 heteroatoms. The third-order valence-corrected chi connectivity index (χ3v) is 6.59. The van der Waals surface area contributed by atoms with Gasteiger partial charge in [-0.2, -0.15) is 0 Å². The van der Waals surface area contributed by atoms with Gasteiger partial charge in [0.25, 0.3) is 5.91 Å². The lowest BCUT2D eigenvalue weighted by Crippen LogP contribution is -2.15. The van der Waals surface area contributed by atoms with Gasteiger partial charge in [-0.3, -0.25) is 14.8 Å². The quantitative estimate of drug-likeness (QED) is 0.454. The Labute approximate surface area is 178 Å². The van der Waals surface area contributed by atoms with Crippen molar-refractivity contribution in [2.45, 2.75) is 12.7 Å². The molecule has 30 heavy (non-hydrogen) atoms. The van der Waals surface area contributed by atoms with E-state index in [1.54, 1.807) is 48.5 Å². The molecule has 0 aliphatic carbocycles. The molecule has 1 aromatic heterocycles. The van der Waals surface area contributed by atoms with Gasteiger partial charge in [-0.1, -0.05) is 59.9 Å². The molecule has 0 fully saturated rings. The van der Waals surface area contributed by atoms with Crippen molar-refractivity contribution in [3.8, 4) is 0 Å². The SMILES string of the molecule is Cc1cc(NS(=O)(=O)Cc2ccccc2)cc2sc(NC(=O)c3ccccc3)nc12. The summed E-state index contributed by atoms with van der Waals surface area (Å²) in [6.07, 6.45) is 0. The highest BCUT2D eigenvalue weighted by atomic mass is 32.2. The number of fused-ring (bicyclic) bond motifs is 1. The zero-order valence-corrected chi connectivity index (χ0v) is 17.8. The molecular formula is C22H19N3O3S2. The zero-order valence-electron chi connectivity index (χ0n) is 16.1. The van der Waals surface area contributed by atoms with Crippen LogP contribution in [0.15, 0.2) is 72.8 Å². The summed E-state index contributed by atoms with van der Waals surface area (Å²) in [6, 6.07) is 21.4. The van der Waals surface area contributed by atoms with E-state index in [1.165, 1.54) is 11.3 Å². The van der Waals surface area contributed by atoms with Gasteiger partial charge in [-0.05, 0) is 42.3 Å². The molecule has 4 aromatic rings. The van der Waals surface area contributed by atoms with Crippen molar-refractivity contribution >= 4 is 48.3 Å². The van der Waals surface area contributed by atoms with Crippen LogP contribution in [0, 0.1) is 6.92 Å². The monoisotopic (exact) mass is 437 g/mol. The van der Waals surface area contributed by atoms with Gasteiger partial charge >= 0.3 is 0 Å². The second kappa shape index (κ2) is 8.25. The molecule has 0 saturated carbocycles. The molecule has 1 heterocycles. The van der Waals surface area contributed by atoms with Gasteiger partial charge in [0.1, 0.15) is 0 Å². The van der Waals surface area contributed by atoms with E-state index in [0.29, 0.717) is 21.9 Å². The van der Waals surface area contributed by atoms with Crippen molar-refractivity contribution < 1.29 is 13.2 Å². The highest BCUT2D eigenvalue weighted by Crippen LogP contribution is 2.32. The fourth-order valence-electron chi connectivity index (χ4n) is 3.08. The first-order valence-corrected chi connectivity index (χ1v) is 11.7. The molecule has 0 radical (unpaired) electrons. The largest absolute Gasteiger partial charge is 0.298 e. The number of anilines is 2. The van der Waals surface area contributed by atoms with Crippen LogP contribution in [0.2, 0.25) is 0 Å². The molecule has 152 valence electrons. The number of thiazole rings is 1. The number of aryl methyl sites for hydroxylation is 1. The second-order valence-electron chi connectivity index (χ2n) is 6.83.